The fourth-order valence-corrected chi connectivity index (χ4v) is 2.85. The van der Waals surface area contributed by atoms with E-state index in [1.807, 2.05) is 43.3 Å². The summed E-state index contributed by atoms with van der Waals surface area (Å²) in [5.41, 5.74) is 3.05. The van der Waals surface area contributed by atoms with E-state index in [2.05, 4.69) is 25.2 Å². The van der Waals surface area contributed by atoms with Crippen LogP contribution in [0, 0.1) is 0 Å². The number of ether oxygens (including phenoxy) is 1. The minimum atomic E-state index is 0.418. The molecule has 1 aliphatic rings. The van der Waals surface area contributed by atoms with Crippen LogP contribution in [0.3, 0.4) is 0 Å². The van der Waals surface area contributed by atoms with Gasteiger partial charge in [0, 0.05) is 23.5 Å². The van der Waals surface area contributed by atoms with Crippen molar-refractivity contribution in [1.82, 2.24) is 20.2 Å². The highest BCUT2D eigenvalue weighted by atomic mass is 32.2. The Balaban J connectivity index is 1.90. The second-order valence-corrected chi connectivity index (χ2v) is 6.18. The van der Waals surface area contributed by atoms with Gasteiger partial charge in [0.2, 0.25) is 11.1 Å². The van der Waals surface area contributed by atoms with Crippen LogP contribution in [-0.2, 0) is 0 Å². The number of aliphatic imine (C=N–C) groups is 1. The largest absolute Gasteiger partial charge is 0.417 e. The van der Waals surface area contributed by atoms with Crippen LogP contribution in [0.4, 0.5) is 5.69 Å². The summed E-state index contributed by atoms with van der Waals surface area (Å²) in [7, 11) is 0. The molecule has 3 heterocycles. The lowest BCUT2D eigenvalue weighted by atomic mass is 10.1. The van der Waals surface area contributed by atoms with Crippen LogP contribution in [0.1, 0.15) is 12.5 Å². The van der Waals surface area contributed by atoms with Crippen LogP contribution in [0.25, 0.3) is 11.3 Å². The van der Waals surface area contributed by atoms with Crippen molar-refractivity contribution in [1.29, 1.82) is 0 Å². The first-order chi connectivity index (χ1) is 11.8. The molecule has 1 aromatic carbocycles. The molecule has 0 saturated carbocycles. The average molecular weight is 335 g/mol. The molecule has 0 aliphatic carbocycles. The first-order valence-electron chi connectivity index (χ1n) is 7.49. The number of pyridine rings is 1. The molecule has 24 heavy (non-hydrogen) atoms. The third kappa shape index (κ3) is 2.74. The molecule has 6 nitrogen and oxygen atoms in total. The van der Waals surface area contributed by atoms with Gasteiger partial charge in [-0.1, -0.05) is 36.9 Å². The lowest BCUT2D eigenvalue weighted by Crippen LogP contribution is -2.11. The summed E-state index contributed by atoms with van der Waals surface area (Å²) in [5, 5.41) is 9.09. The molecule has 7 heteroatoms. The maximum absolute atomic E-state index is 6.01. The Bertz CT molecular complexity index is 914. The maximum Gasteiger partial charge on any atom is 0.252 e. The van der Waals surface area contributed by atoms with E-state index in [1.165, 1.54) is 11.8 Å². The van der Waals surface area contributed by atoms with Crippen LogP contribution in [0.5, 0.6) is 5.88 Å². The number of hydrogen-bond acceptors (Lipinski definition) is 7. The average Bonchev–Trinajstić information content (AvgIpc) is 2.79. The molecule has 0 radical (unpaired) electrons. The minimum Gasteiger partial charge on any atom is -0.417 e. The SMILES string of the molecule is CCSc1nnc2c(n1)OC(c1ccncc1)=Nc1ccccc1-2. The maximum atomic E-state index is 6.01. The monoisotopic (exact) mass is 335 g/mol. The van der Waals surface area contributed by atoms with Gasteiger partial charge in [-0.2, -0.15) is 4.98 Å². The molecule has 0 atom stereocenters. The molecule has 0 amide bonds. The Morgan fingerprint density at radius 1 is 1.04 bits per heavy atom. The molecule has 0 spiro atoms. The van der Waals surface area contributed by atoms with Gasteiger partial charge in [-0.3, -0.25) is 4.98 Å². The molecule has 0 N–H and O–H groups in total. The van der Waals surface area contributed by atoms with E-state index in [0.29, 0.717) is 22.6 Å². The van der Waals surface area contributed by atoms with E-state index in [1.54, 1.807) is 12.4 Å². The summed E-state index contributed by atoms with van der Waals surface area (Å²) < 4.78 is 6.01. The highest BCUT2D eigenvalue weighted by Crippen LogP contribution is 2.37. The summed E-state index contributed by atoms with van der Waals surface area (Å²) in [6.45, 7) is 2.04. The first-order valence-corrected chi connectivity index (χ1v) is 8.47. The van der Waals surface area contributed by atoms with E-state index in [4.69, 9.17) is 4.74 Å². The summed E-state index contributed by atoms with van der Waals surface area (Å²) in [5.74, 6) is 1.75. The van der Waals surface area contributed by atoms with Crippen LogP contribution in [0.15, 0.2) is 58.9 Å². The van der Waals surface area contributed by atoms with E-state index < -0.39 is 0 Å². The zero-order valence-corrected chi connectivity index (χ0v) is 13.7. The molecule has 0 bridgehead atoms. The van der Waals surface area contributed by atoms with E-state index in [0.717, 1.165) is 22.6 Å². The second kappa shape index (κ2) is 6.37. The van der Waals surface area contributed by atoms with Gasteiger partial charge >= 0.3 is 0 Å². The predicted octanol–water partition coefficient (Wildman–Crippen LogP) is 3.52. The van der Waals surface area contributed by atoms with Crippen molar-refractivity contribution in [2.24, 2.45) is 4.99 Å². The van der Waals surface area contributed by atoms with Gasteiger partial charge in [-0.25, -0.2) is 4.99 Å². The molecular formula is C17H13N5OS. The third-order valence-corrected chi connectivity index (χ3v) is 4.13. The summed E-state index contributed by atoms with van der Waals surface area (Å²) in [6.07, 6.45) is 3.41. The van der Waals surface area contributed by atoms with Crippen molar-refractivity contribution >= 4 is 23.3 Å². The number of fused-ring (bicyclic) bond motifs is 3. The summed E-state index contributed by atoms with van der Waals surface area (Å²) >= 11 is 1.52. The quantitative estimate of drug-likeness (QED) is 0.682. The second-order valence-electron chi connectivity index (χ2n) is 4.95. The fourth-order valence-electron chi connectivity index (χ4n) is 2.34. The number of rotatable bonds is 3. The first kappa shape index (κ1) is 14.8. The highest BCUT2D eigenvalue weighted by Gasteiger charge is 2.22. The van der Waals surface area contributed by atoms with Crippen LogP contribution < -0.4 is 4.74 Å². The molecule has 0 unspecified atom stereocenters. The zero-order chi connectivity index (χ0) is 16.4. The minimum absolute atomic E-state index is 0.418. The predicted molar refractivity (Wildman–Crippen MR) is 92.7 cm³/mol. The molecule has 3 aromatic rings. The van der Waals surface area contributed by atoms with Gasteiger partial charge in [0.15, 0.2) is 5.69 Å². The number of benzene rings is 1. The van der Waals surface area contributed by atoms with Crippen molar-refractivity contribution in [3.05, 3.63) is 54.4 Å². The van der Waals surface area contributed by atoms with Gasteiger partial charge in [0.1, 0.15) is 0 Å². The Labute approximate surface area is 143 Å². The topological polar surface area (TPSA) is 73.2 Å². The molecule has 118 valence electrons. The molecule has 2 aromatic heterocycles. The lowest BCUT2D eigenvalue weighted by molar-refractivity contribution is 0.515. The Kier molecular flexibility index (Phi) is 3.92. The van der Waals surface area contributed by atoms with Gasteiger partial charge in [0.05, 0.1) is 5.69 Å². The lowest BCUT2D eigenvalue weighted by Gasteiger charge is -2.08. The van der Waals surface area contributed by atoms with Crippen molar-refractivity contribution in [2.75, 3.05) is 5.75 Å². The Morgan fingerprint density at radius 2 is 1.88 bits per heavy atom. The van der Waals surface area contributed by atoms with E-state index in [-0.39, 0.29) is 0 Å². The van der Waals surface area contributed by atoms with Gasteiger partial charge < -0.3 is 4.74 Å². The molecule has 0 fully saturated rings. The van der Waals surface area contributed by atoms with Gasteiger partial charge in [-0.15, -0.1) is 10.2 Å². The van der Waals surface area contributed by atoms with Crippen molar-refractivity contribution in [2.45, 2.75) is 12.1 Å². The number of hydrogen-bond donors (Lipinski definition) is 0. The van der Waals surface area contributed by atoms with Crippen LogP contribution in [-0.4, -0.2) is 31.8 Å². The van der Waals surface area contributed by atoms with Gasteiger partial charge in [-0.05, 0) is 24.0 Å². The summed E-state index contributed by atoms with van der Waals surface area (Å²) in [4.78, 5) is 13.2. The third-order valence-electron chi connectivity index (χ3n) is 3.41. The van der Waals surface area contributed by atoms with Crippen molar-refractivity contribution in [3.63, 3.8) is 0 Å². The highest BCUT2D eigenvalue weighted by molar-refractivity contribution is 7.99. The Hall–Kier alpha value is -2.80. The number of para-hydroxylation sites is 1. The smallest absolute Gasteiger partial charge is 0.252 e. The van der Waals surface area contributed by atoms with Crippen LogP contribution in [0.2, 0.25) is 0 Å². The molecule has 4 rings (SSSR count). The van der Waals surface area contributed by atoms with E-state index >= 15 is 0 Å². The molecule has 0 saturated heterocycles. The van der Waals surface area contributed by atoms with Gasteiger partial charge in [0.25, 0.3) is 5.88 Å². The van der Waals surface area contributed by atoms with Crippen molar-refractivity contribution < 1.29 is 4.74 Å². The zero-order valence-electron chi connectivity index (χ0n) is 12.9. The Morgan fingerprint density at radius 3 is 2.71 bits per heavy atom. The number of thioether (sulfide) groups is 1. The number of aromatic nitrogens is 4. The summed E-state index contributed by atoms with van der Waals surface area (Å²) in [6, 6.07) is 11.4. The molecule has 1 aliphatic heterocycles. The van der Waals surface area contributed by atoms with Crippen LogP contribution >= 0.6 is 11.8 Å². The fraction of sp³-hybridized carbons (Fsp3) is 0.118. The normalized spacial score (nSPS) is 12.5. The van der Waals surface area contributed by atoms with E-state index in [9.17, 15) is 0 Å². The molecular weight excluding hydrogens is 322 g/mol. The number of nitrogens with zero attached hydrogens (tertiary/aromatic N) is 5. The van der Waals surface area contributed by atoms with Crippen molar-refractivity contribution in [3.8, 4) is 17.1 Å². The standard InChI is InChI=1S/C17H13N5OS/c1-2-24-17-20-16-14(21-22-17)12-5-3-4-6-13(12)19-15(23-16)11-7-9-18-10-8-11/h3-10H,2H2,1H3.